The first-order valence-electron chi connectivity index (χ1n) is 8.13. The van der Waals surface area contributed by atoms with Crippen molar-refractivity contribution in [2.45, 2.75) is 6.54 Å². The van der Waals surface area contributed by atoms with E-state index in [0.717, 1.165) is 39.0 Å². The molecule has 0 fully saturated rings. The molecule has 0 aliphatic carbocycles. The van der Waals surface area contributed by atoms with Gasteiger partial charge >= 0.3 is 0 Å². The van der Waals surface area contributed by atoms with Crippen LogP contribution in [-0.4, -0.2) is 24.3 Å². The van der Waals surface area contributed by atoms with E-state index in [0.29, 0.717) is 11.6 Å². The van der Waals surface area contributed by atoms with Crippen LogP contribution < -0.4 is 5.32 Å². The van der Waals surface area contributed by atoms with Crippen molar-refractivity contribution < 1.29 is 0 Å². The van der Waals surface area contributed by atoms with Crippen LogP contribution in [0.3, 0.4) is 0 Å². The number of pyridine rings is 2. The van der Waals surface area contributed by atoms with E-state index in [1.807, 2.05) is 40.9 Å². The molecule has 0 radical (unpaired) electrons. The zero-order valence-corrected chi connectivity index (χ0v) is 14.4. The Hall–Kier alpha value is -3.25. The molecule has 5 aromatic rings. The molecule has 0 aliphatic rings. The maximum atomic E-state index is 6.09. The zero-order valence-electron chi connectivity index (χ0n) is 13.6. The lowest BCUT2D eigenvalue weighted by molar-refractivity contribution is 1.11. The smallest absolute Gasteiger partial charge is 0.156 e. The summed E-state index contributed by atoms with van der Waals surface area (Å²) in [5, 5.41) is 5.10. The number of hydrogen-bond acceptors (Lipinski definition) is 5. The number of rotatable bonds is 3. The van der Waals surface area contributed by atoms with Crippen molar-refractivity contribution in [1.82, 2.24) is 24.3 Å². The fourth-order valence-corrected chi connectivity index (χ4v) is 3.34. The summed E-state index contributed by atoms with van der Waals surface area (Å²) >= 11 is 6.09. The number of halogens is 1. The molecule has 0 saturated carbocycles. The van der Waals surface area contributed by atoms with Crippen molar-refractivity contribution in [2.24, 2.45) is 0 Å². The average Bonchev–Trinajstić information content (AvgIpc) is 3.06. The summed E-state index contributed by atoms with van der Waals surface area (Å²) in [7, 11) is 0. The maximum absolute atomic E-state index is 6.09. The average molecular weight is 361 g/mol. The van der Waals surface area contributed by atoms with Crippen molar-refractivity contribution in [1.29, 1.82) is 0 Å². The Labute approximate surface area is 153 Å². The molecule has 0 amide bonds. The molecule has 7 heteroatoms. The van der Waals surface area contributed by atoms with Gasteiger partial charge in [0.1, 0.15) is 11.0 Å². The third-order valence-corrected chi connectivity index (χ3v) is 4.53. The summed E-state index contributed by atoms with van der Waals surface area (Å²) in [6, 6.07) is 9.70. The monoisotopic (exact) mass is 360 g/mol. The Balaban J connectivity index is 1.71. The summed E-state index contributed by atoms with van der Waals surface area (Å²) in [4.78, 5) is 17.9. The fraction of sp³-hybridized carbons (Fsp3) is 0.0526. The van der Waals surface area contributed by atoms with Crippen LogP contribution in [0.25, 0.3) is 27.6 Å². The number of imidazole rings is 1. The topological polar surface area (TPSA) is 68.0 Å². The maximum Gasteiger partial charge on any atom is 0.156 e. The van der Waals surface area contributed by atoms with Crippen LogP contribution in [0.5, 0.6) is 0 Å². The van der Waals surface area contributed by atoms with E-state index >= 15 is 0 Å². The van der Waals surface area contributed by atoms with Crippen LogP contribution >= 0.6 is 11.6 Å². The first kappa shape index (κ1) is 15.0. The molecular weight excluding hydrogens is 348 g/mol. The molecule has 0 unspecified atom stereocenters. The van der Waals surface area contributed by atoms with Gasteiger partial charge in [0.25, 0.3) is 0 Å². The van der Waals surface area contributed by atoms with E-state index in [-0.39, 0.29) is 0 Å². The highest BCUT2D eigenvalue weighted by Crippen LogP contribution is 2.29. The summed E-state index contributed by atoms with van der Waals surface area (Å²) in [5.74, 6) is 0.749. The summed E-state index contributed by atoms with van der Waals surface area (Å²) in [6.45, 7) is 0.604. The highest BCUT2D eigenvalue weighted by Gasteiger charge is 2.15. The minimum Gasteiger partial charge on any atom is -0.364 e. The van der Waals surface area contributed by atoms with Gasteiger partial charge in [0.05, 0.1) is 17.9 Å². The Morgan fingerprint density at radius 1 is 1.04 bits per heavy atom. The SMILES string of the molecule is Clc1cccc(CNc2nc3cnccc3c3nc4cnccn4c23)c1. The van der Waals surface area contributed by atoms with Gasteiger partial charge in [0.15, 0.2) is 11.5 Å². The highest BCUT2D eigenvalue weighted by molar-refractivity contribution is 6.30. The van der Waals surface area contributed by atoms with Crippen LogP contribution in [0.4, 0.5) is 5.82 Å². The van der Waals surface area contributed by atoms with Crippen LogP contribution in [0, 0.1) is 0 Å². The van der Waals surface area contributed by atoms with Crippen LogP contribution in [0.1, 0.15) is 5.56 Å². The standard InChI is InChI=1S/C19H13ClN6/c20-13-3-1-2-12(8-13)9-23-19-18-17(14-4-5-21-10-15(14)24-19)25-16-11-22-6-7-26(16)18/h1-8,10-11H,9H2,(H,23,24). The van der Waals surface area contributed by atoms with Crippen LogP contribution in [-0.2, 0) is 6.54 Å². The molecule has 126 valence electrons. The molecule has 0 saturated heterocycles. The van der Waals surface area contributed by atoms with Crippen molar-refractivity contribution >= 4 is 45.0 Å². The molecule has 5 rings (SSSR count). The predicted octanol–water partition coefficient (Wildman–Crippen LogP) is 4.09. The minimum atomic E-state index is 0.604. The van der Waals surface area contributed by atoms with E-state index in [1.54, 1.807) is 24.8 Å². The van der Waals surface area contributed by atoms with Gasteiger partial charge in [-0.2, -0.15) is 0 Å². The highest BCUT2D eigenvalue weighted by atomic mass is 35.5. The molecule has 0 spiro atoms. The molecule has 6 nitrogen and oxygen atoms in total. The van der Waals surface area contributed by atoms with Gasteiger partial charge in [-0.15, -0.1) is 0 Å². The van der Waals surface area contributed by atoms with Gasteiger partial charge in [-0.3, -0.25) is 14.4 Å². The third kappa shape index (κ3) is 2.43. The summed E-state index contributed by atoms with van der Waals surface area (Å²) < 4.78 is 2.00. The lowest BCUT2D eigenvalue weighted by Gasteiger charge is -2.09. The number of aromatic nitrogens is 5. The molecule has 0 bridgehead atoms. The van der Waals surface area contributed by atoms with Crippen LogP contribution in [0.15, 0.2) is 61.3 Å². The Morgan fingerprint density at radius 3 is 2.88 bits per heavy atom. The van der Waals surface area contributed by atoms with E-state index in [1.165, 1.54) is 0 Å². The zero-order chi connectivity index (χ0) is 17.5. The van der Waals surface area contributed by atoms with E-state index in [2.05, 4.69) is 15.3 Å². The van der Waals surface area contributed by atoms with E-state index in [4.69, 9.17) is 21.6 Å². The number of fused-ring (bicyclic) bond motifs is 5. The first-order valence-corrected chi connectivity index (χ1v) is 8.51. The van der Waals surface area contributed by atoms with Gasteiger partial charge in [0.2, 0.25) is 0 Å². The molecule has 4 aromatic heterocycles. The predicted molar refractivity (Wildman–Crippen MR) is 102 cm³/mol. The second-order valence-electron chi connectivity index (χ2n) is 5.95. The first-order chi connectivity index (χ1) is 12.8. The molecular formula is C19H13ClN6. The summed E-state index contributed by atoms with van der Waals surface area (Å²) in [6.07, 6.45) is 8.88. The van der Waals surface area contributed by atoms with Crippen LogP contribution in [0.2, 0.25) is 5.02 Å². The van der Waals surface area contributed by atoms with Gasteiger partial charge in [-0.05, 0) is 23.8 Å². The van der Waals surface area contributed by atoms with E-state index < -0.39 is 0 Å². The number of benzene rings is 1. The lowest BCUT2D eigenvalue weighted by Crippen LogP contribution is -2.03. The molecule has 1 aromatic carbocycles. The van der Waals surface area contributed by atoms with Gasteiger partial charge < -0.3 is 5.32 Å². The van der Waals surface area contributed by atoms with Crippen molar-refractivity contribution in [3.05, 3.63) is 71.9 Å². The second kappa shape index (κ2) is 5.93. The third-order valence-electron chi connectivity index (χ3n) is 4.29. The van der Waals surface area contributed by atoms with E-state index in [9.17, 15) is 0 Å². The Morgan fingerprint density at radius 2 is 1.96 bits per heavy atom. The number of hydrogen-bond donors (Lipinski definition) is 1. The van der Waals surface area contributed by atoms with Crippen molar-refractivity contribution in [2.75, 3.05) is 5.32 Å². The Kier molecular flexibility index (Phi) is 3.43. The van der Waals surface area contributed by atoms with Crippen molar-refractivity contribution in [3.8, 4) is 0 Å². The molecule has 1 N–H and O–H groups in total. The molecule has 0 atom stereocenters. The largest absolute Gasteiger partial charge is 0.364 e. The molecule has 0 aliphatic heterocycles. The lowest BCUT2D eigenvalue weighted by atomic mass is 10.2. The normalized spacial score (nSPS) is 11.4. The second-order valence-corrected chi connectivity index (χ2v) is 6.39. The fourth-order valence-electron chi connectivity index (χ4n) is 3.13. The van der Waals surface area contributed by atoms with Gasteiger partial charge in [-0.1, -0.05) is 23.7 Å². The minimum absolute atomic E-state index is 0.604. The number of nitrogens with zero attached hydrogens (tertiary/aromatic N) is 5. The van der Waals surface area contributed by atoms with Crippen molar-refractivity contribution in [3.63, 3.8) is 0 Å². The quantitative estimate of drug-likeness (QED) is 0.525. The summed E-state index contributed by atoms with van der Waals surface area (Å²) in [5.41, 5.74) is 4.45. The van der Waals surface area contributed by atoms with Gasteiger partial charge in [0, 0.05) is 35.5 Å². The Bertz CT molecular complexity index is 1260. The molecule has 26 heavy (non-hydrogen) atoms. The number of anilines is 1. The molecule has 4 heterocycles. The number of nitrogens with one attached hydrogen (secondary N) is 1. The van der Waals surface area contributed by atoms with Gasteiger partial charge in [-0.25, -0.2) is 9.97 Å².